The van der Waals surface area contributed by atoms with E-state index in [0.29, 0.717) is 52.7 Å². The zero-order chi connectivity index (χ0) is 60.1. The number of unbranched alkanes of at least 4 members (excludes halogenated alkanes) is 2. The molecule has 22 heteroatoms. The molecule has 0 radical (unpaired) electrons. The topological polar surface area (TPSA) is 203 Å². The van der Waals surface area contributed by atoms with Gasteiger partial charge in [0.1, 0.15) is 37.1 Å². The molecule has 0 aromatic heterocycles. The third-order valence-corrected chi connectivity index (χ3v) is 16.0. The number of nitrogens with one attached hydrogen (secondary N) is 12. The Morgan fingerprint density at radius 2 is 0.517 bits per heavy atom. The number of hydrogen-bond donors (Lipinski definition) is 12. The highest BCUT2D eigenvalue weighted by Crippen LogP contribution is 2.26. The predicted octanol–water partition coefficient (Wildman–Crippen LogP) is 0.734. The Hall–Kier alpha value is -3.73. The number of alkyl halides is 1. The summed E-state index contributed by atoms with van der Waals surface area (Å²) in [5.41, 5.74) is 7.02. The molecule has 12 N–H and O–H groups in total. The molecule has 4 heterocycles. The van der Waals surface area contributed by atoms with Gasteiger partial charge in [-0.15, -0.1) is 0 Å². The van der Waals surface area contributed by atoms with E-state index in [-0.39, 0.29) is 6.67 Å². The number of hydrogen-bond acceptors (Lipinski definition) is 21. The highest BCUT2D eigenvalue weighted by molar-refractivity contribution is 5.38. The summed E-state index contributed by atoms with van der Waals surface area (Å²) >= 11 is 0. The van der Waals surface area contributed by atoms with E-state index in [4.69, 9.17) is 23.7 Å². The van der Waals surface area contributed by atoms with Crippen molar-refractivity contribution >= 4 is 0 Å². The number of nitrogens with zero attached hydrogens (tertiary/aromatic N) is 4. The lowest BCUT2D eigenvalue weighted by Crippen LogP contribution is -2.41. The number of ether oxygens (including phenoxy) is 5. The Morgan fingerprint density at radius 1 is 0.264 bits per heavy atom. The van der Waals surface area contributed by atoms with Crippen LogP contribution in [-0.2, 0) is 48.9 Å². The first-order valence-electron chi connectivity index (χ1n) is 33.5. The van der Waals surface area contributed by atoms with E-state index in [2.05, 4.69) is 138 Å². The molecule has 0 bridgehead atoms. The van der Waals surface area contributed by atoms with Crippen LogP contribution in [0.3, 0.4) is 0 Å². The van der Waals surface area contributed by atoms with Gasteiger partial charge in [0, 0.05) is 242 Å². The van der Waals surface area contributed by atoms with Crippen LogP contribution in [0.4, 0.5) is 4.39 Å². The molecule has 0 saturated carbocycles. The Kier molecular flexibility index (Phi) is 37.7. The molecule has 4 aliphatic rings. The molecule has 0 aliphatic carbocycles. The van der Waals surface area contributed by atoms with Crippen molar-refractivity contribution in [3.05, 3.63) is 88.0 Å². The van der Waals surface area contributed by atoms with Gasteiger partial charge in [-0.1, -0.05) is 12.1 Å². The SMILES string of the molecule is [18F]CCCCCOCCOCCOc1cc(COc2cc(CN3CCNCCNCCNCC3)cc(CN3CCNCCNCCNCC3)c2)cc(COc2cc(CN3CCNCCNCCNCC3)cc(CN3CCNCCNCCNCC3)c2)c1. The van der Waals surface area contributed by atoms with Gasteiger partial charge in [0.2, 0.25) is 0 Å². The normalized spacial score (nSPS) is 20.0. The van der Waals surface area contributed by atoms with Gasteiger partial charge in [-0.05, 0) is 95.1 Å². The third kappa shape index (κ3) is 32.7. The van der Waals surface area contributed by atoms with Crippen molar-refractivity contribution in [2.24, 2.45) is 0 Å². The van der Waals surface area contributed by atoms with Gasteiger partial charge in [0.05, 0.1) is 26.5 Å². The van der Waals surface area contributed by atoms with Crippen LogP contribution in [0.25, 0.3) is 0 Å². The van der Waals surface area contributed by atoms with Crippen LogP contribution in [0, 0.1) is 0 Å². The van der Waals surface area contributed by atoms with Crippen LogP contribution >= 0.6 is 0 Å². The van der Waals surface area contributed by atoms with Crippen molar-refractivity contribution in [3.8, 4) is 17.2 Å². The number of halogens is 1. The largest absolute Gasteiger partial charge is 0.491 e. The van der Waals surface area contributed by atoms with Crippen molar-refractivity contribution in [1.29, 1.82) is 0 Å². The van der Waals surface area contributed by atoms with Crippen molar-refractivity contribution < 1.29 is 28.1 Å². The lowest BCUT2D eigenvalue weighted by molar-refractivity contribution is 0.0351. The summed E-state index contributed by atoms with van der Waals surface area (Å²) in [5, 5.41) is 43.3. The fourth-order valence-corrected chi connectivity index (χ4v) is 11.2. The van der Waals surface area contributed by atoms with Gasteiger partial charge >= 0.3 is 0 Å². The summed E-state index contributed by atoms with van der Waals surface area (Å²) in [7, 11) is 0. The summed E-state index contributed by atoms with van der Waals surface area (Å²) in [6, 6.07) is 20.2. The molecule has 0 unspecified atom stereocenters. The Balaban J connectivity index is 1.11. The lowest BCUT2D eigenvalue weighted by Gasteiger charge is -2.26. The van der Waals surface area contributed by atoms with Crippen LogP contribution in [0.15, 0.2) is 54.6 Å². The Labute approximate surface area is 522 Å². The van der Waals surface area contributed by atoms with Crippen molar-refractivity contribution in [2.45, 2.75) is 58.7 Å². The van der Waals surface area contributed by atoms with Gasteiger partial charge in [-0.2, -0.15) is 0 Å². The van der Waals surface area contributed by atoms with Crippen LogP contribution in [0.1, 0.15) is 52.6 Å². The molecule has 0 amide bonds. The Morgan fingerprint density at radius 3 is 0.828 bits per heavy atom. The average Bonchev–Trinajstić information content (AvgIpc) is 3.60. The maximum absolute atomic E-state index is 12.5. The second-order valence-corrected chi connectivity index (χ2v) is 23.5. The first-order valence-corrected chi connectivity index (χ1v) is 33.5. The summed E-state index contributed by atoms with van der Waals surface area (Å²) < 4.78 is 44.6. The quantitative estimate of drug-likeness (QED) is 0.0502. The van der Waals surface area contributed by atoms with Gasteiger partial charge in [-0.3, -0.25) is 24.0 Å². The van der Waals surface area contributed by atoms with E-state index >= 15 is 0 Å². The van der Waals surface area contributed by atoms with E-state index in [1.807, 2.05) is 0 Å². The van der Waals surface area contributed by atoms with Crippen LogP contribution in [-0.4, -0.2) is 269 Å². The standard InChI is InChI=1S/C65H115FN16O5/c66-4-2-1-3-37-83-38-39-84-40-41-85-63-49-61(55-86-64-45-57(51-79-29-21-71-13-5-67-6-14-72-22-30-79)42-58(46-64)52-80-31-23-73-15-7-68-8-16-74-24-32-80)44-62(50-63)56-87-65-47-59(53-81-33-25-75-17-9-69-10-18-76-26-34-81)43-60(48-65)54-82-35-27-77-19-11-70-12-20-78-28-36-82/h42-50,67-78H,1-41,51-56H2/i66-1. The fourth-order valence-electron chi connectivity index (χ4n) is 11.2. The number of rotatable bonds is 26. The molecule has 3 aromatic rings. The first kappa shape index (κ1) is 70.7. The van der Waals surface area contributed by atoms with Gasteiger partial charge < -0.3 is 87.5 Å². The van der Waals surface area contributed by atoms with E-state index < -0.39 is 0 Å². The fraction of sp³-hybridized carbons (Fsp3) is 0.723. The summed E-state index contributed by atoms with van der Waals surface area (Å²) in [6.07, 6.45) is 2.28. The van der Waals surface area contributed by atoms with Crippen molar-refractivity contribution in [3.63, 3.8) is 0 Å². The molecular weight excluding hydrogens is 1100 g/mol. The van der Waals surface area contributed by atoms with Crippen LogP contribution in [0.5, 0.6) is 17.2 Å². The molecule has 21 nitrogen and oxygen atoms in total. The highest BCUT2D eigenvalue weighted by Gasteiger charge is 2.17. The molecule has 3 aromatic carbocycles. The molecule has 4 aliphatic heterocycles. The Bertz CT molecular complexity index is 1930. The second-order valence-electron chi connectivity index (χ2n) is 23.5. The minimum Gasteiger partial charge on any atom is -0.491 e. The first-order chi connectivity index (χ1) is 43.1. The smallest absolute Gasteiger partial charge is 0.120 e. The summed E-state index contributed by atoms with van der Waals surface area (Å²) in [4.78, 5) is 10.3. The van der Waals surface area contributed by atoms with E-state index in [0.717, 1.165) is 277 Å². The minimum atomic E-state index is -0.275. The highest BCUT2D eigenvalue weighted by atomic mass is 18.2. The predicted molar refractivity (Wildman–Crippen MR) is 350 cm³/mol. The second kappa shape index (κ2) is 46.4. The molecule has 87 heavy (non-hydrogen) atoms. The molecular formula is C65H115FN16O5. The zero-order valence-corrected chi connectivity index (χ0v) is 53.1. The monoisotopic (exact) mass is 1220 g/mol. The van der Waals surface area contributed by atoms with Gasteiger partial charge in [0.25, 0.3) is 0 Å². The maximum Gasteiger partial charge on any atom is 0.120 e. The molecule has 7 rings (SSSR count). The van der Waals surface area contributed by atoms with Gasteiger partial charge in [-0.25, -0.2) is 0 Å². The molecule has 492 valence electrons. The molecule has 4 saturated heterocycles. The van der Waals surface area contributed by atoms with Crippen LogP contribution < -0.4 is 78.0 Å². The summed E-state index contributed by atoms with van der Waals surface area (Å²) in [6.45, 7) is 36.8. The third-order valence-electron chi connectivity index (χ3n) is 16.0. The van der Waals surface area contributed by atoms with Crippen molar-refractivity contribution in [2.75, 3.05) is 249 Å². The zero-order valence-electron chi connectivity index (χ0n) is 53.1. The summed E-state index contributed by atoms with van der Waals surface area (Å²) in [5.74, 6) is 2.47. The van der Waals surface area contributed by atoms with Crippen LogP contribution in [0.2, 0.25) is 0 Å². The minimum absolute atomic E-state index is 0.275. The molecule has 4 fully saturated rings. The van der Waals surface area contributed by atoms with E-state index in [1.54, 1.807) is 0 Å². The number of benzene rings is 3. The maximum atomic E-state index is 12.5. The van der Waals surface area contributed by atoms with E-state index in [1.165, 1.54) is 22.3 Å². The van der Waals surface area contributed by atoms with Gasteiger partial charge in [0.15, 0.2) is 0 Å². The molecule has 0 spiro atoms. The lowest BCUT2D eigenvalue weighted by atomic mass is 10.1. The molecule has 0 atom stereocenters. The van der Waals surface area contributed by atoms with Crippen molar-refractivity contribution in [1.82, 2.24) is 83.4 Å². The van der Waals surface area contributed by atoms with E-state index in [9.17, 15) is 4.39 Å². The average molecular weight is 1220 g/mol.